The highest BCUT2D eigenvalue weighted by Gasteiger charge is 2.09. The molecule has 8 heteroatoms. The molecule has 0 aliphatic carbocycles. The molecule has 0 aliphatic heterocycles. The number of ether oxygens (including phenoxy) is 2. The Labute approximate surface area is 185 Å². The van der Waals surface area contributed by atoms with Crippen molar-refractivity contribution in [2.75, 3.05) is 36.7 Å². The first-order valence-corrected chi connectivity index (χ1v) is 9.94. The van der Waals surface area contributed by atoms with E-state index in [0.29, 0.717) is 28.8 Å². The molecule has 1 aromatic heterocycles. The van der Waals surface area contributed by atoms with Gasteiger partial charge in [-0.05, 0) is 54.6 Å². The molecule has 2 amide bonds. The standard InChI is InChI=1S/C24H23N5O3/c1-29(2)18-9-12-21-22(14-18)25-15-26-23(21)32-19-10-7-16(8-11-19)27-24(30)28-17-5-4-6-20(13-17)31-3/h4-15H,1-3H3,(H2,27,28,30). The number of rotatable bonds is 6. The van der Waals surface area contributed by atoms with Crippen LogP contribution in [-0.2, 0) is 0 Å². The monoisotopic (exact) mass is 429 g/mol. The molecule has 3 aromatic carbocycles. The van der Waals surface area contributed by atoms with Gasteiger partial charge in [0.1, 0.15) is 17.8 Å². The molecule has 0 unspecified atom stereocenters. The Morgan fingerprint density at radius 1 is 0.875 bits per heavy atom. The number of hydrogen-bond donors (Lipinski definition) is 2. The summed E-state index contributed by atoms with van der Waals surface area (Å²) in [6.45, 7) is 0. The van der Waals surface area contributed by atoms with E-state index in [1.54, 1.807) is 49.6 Å². The first-order chi connectivity index (χ1) is 15.5. The van der Waals surface area contributed by atoms with Crippen molar-refractivity contribution < 1.29 is 14.3 Å². The van der Waals surface area contributed by atoms with Crippen LogP contribution in [0.4, 0.5) is 21.9 Å². The Hall–Kier alpha value is -4.33. The van der Waals surface area contributed by atoms with E-state index in [4.69, 9.17) is 9.47 Å². The van der Waals surface area contributed by atoms with Crippen molar-refractivity contribution in [1.29, 1.82) is 0 Å². The molecule has 0 saturated heterocycles. The maximum absolute atomic E-state index is 12.3. The Bertz CT molecular complexity index is 1240. The lowest BCUT2D eigenvalue weighted by molar-refractivity contribution is 0.262. The number of amides is 2. The number of methoxy groups -OCH3 is 1. The van der Waals surface area contributed by atoms with Crippen molar-refractivity contribution in [1.82, 2.24) is 9.97 Å². The lowest BCUT2D eigenvalue weighted by Crippen LogP contribution is -2.19. The van der Waals surface area contributed by atoms with Gasteiger partial charge in [-0.15, -0.1) is 0 Å². The maximum Gasteiger partial charge on any atom is 0.323 e. The molecule has 0 bridgehead atoms. The van der Waals surface area contributed by atoms with Crippen LogP contribution in [0.25, 0.3) is 10.9 Å². The average molecular weight is 429 g/mol. The fourth-order valence-corrected chi connectivity index (χ4v) is 3.09. The van der Waals surface area contributed by atoms with E-state index in [-0.39, 0.29) is 6.03 Å². The molecule has 0 spiro atoms. The molecular formula is C24H23N5O3. The van der Waals surface area contributed by atoms with Crippen LogP contribution in [0.5, 0.6) is 17.4 Å². The van der Waals surface area contributed by atoms with Crippen LogP contribution >= 0.6 is 0 Å². The fraction of sp³-hybridized carbons (Fsp3) is 0.125. The largest absolute Gasteiger partial charge is 0.497 e. The Balaban J connectivity index is 1.43. The van der Waals surface area contributed by atoms with Crippen LogP contribution < -0.4 is 25.0 Å². The van der Waals surface area contributed by atoms with Gasteiger partial charge in [0.25, 0.3) is 0 Å². The van der Waals surface area contributed by atoms with E-state index in [2.05, 4.69) is 20.6 Å². The zero-order chi connectivity index (χ0) is 22.5. The van der Waals surface area contributed by atoms with Crippen molar-refractivity contribution in [3.8, 4) is 17.4 Å². The number of nitrogens with one attached hydrogen (secondary N) is 2. The maximum atomic E-state index is 12.3. The van der Waals surface area contributed by atoms with Gasteiger partial charge < -0.3 is 25.0 Å². The Morgan fingerprint density at radius 3 is 2.41 bits per heavy atom. The lowest BCUT2D eigenvalue weighted by Gasteiger charge is -2.14. The topological polar surface area (TPSA) is 88.6 Å². The van der Waals surface area contributed by atoms with Crippen molar-refractivity contribution >= 4 is 34.0 Å². The van der Waals surface area contributed by atoms with Gasteiger partial charge in [-0.1, -0.05) is 6.07 Å². The van der Waals surface area contributed by atoms with Gasteiger partial charge in [0.15, 0.2) is 0 Å². The summed E-state index contributed by atoms with van der Waals surface area (Å²) in [4.78, 5) is 22.9. The van der Waals surface area contributed by atoms with Crippen molar-refractivity contribution in [2.24, 2.45) is 0 Å². The van der Waals surface area contributed by atoms with E-state index in [0.717, 1.165) is 16.6 Å². The van der Waals surface area contributed by atoms with Gasteiger partial charge in [-0.3, -0.25) is 0 Å². The van der Waals surface area contributed by atoms with Crippen LogP contribution in [0.1, 0.15) is 0 Å². The molecule has 0 atom stereocenters. The smallest absolute Gasteiger partial charge is 0.323 e. The third kappa shape index (κ3) is 4.86. The molecule has 162 valence electrons. The third-order valence-corrected chi connectivity index (χ3v) is 4.75. The molecule has 32 heavy (non-hydrogen) atoms. The highest BCUT2D eigenvalue weighted by Crippen LogP contribution is 2.29. The normalized spacial score (nSPS) is 10.5. The van der Waals surface area contributed by atoms with Crippen molar-refractivity contribution in [3.63, 3.8) is 0 Å². The van der Waals surface area contributed by atoms with Crippen LogP contribution in [0, 0.1) is 0 Å². The number of urea groups is 1. The predicted molar refractivity (Wildman–Crippen MR) is 126 cm³/mol. The van der Waals surface area contributed by atoms with Gasteiger partial charge in [0.05, 0.1) is 18.0 Å². The summed E-state index contributed by atoms with van der Waals surface area (Å²) in [6.07, 6.45) is 1.48. The summed E-state index contributed by atoms with van der Waals surface area (Å²) in [5.41, 5.74) is 3.11. The van der Waals surface area contributed by atoms with Gasteiger partial charge in [-0.2, -0.15) is 0 Å². The van der Waals surface area contributed by atoms with E-state index < -0.39 is 0 Å². The van der Waals surface area contributed by atoms with Crippen LogP contribution in [0.2, 0.25) is 0 Å². The minimum absolute atomic E-state index is 0.356. The zero-order valence-electron chi connectivity index (χ0n) is 18.0. The molecule has 0 fully saturated rings. The van der Waals surface area contributed by atoms with Crippen LogP contribution in [-0.4, -0.2) is 37.2 Å². The molecule has 0 aliphatic rings. The minimum atomic E-state index is -0.356. The lowest BCUT2D eigenvalue weighted by atomic mass is 10.2. The number of carbonyl (C=O) groups excluding carboxylic acids is 1. The summed E-state index contributed by atoms with van der Waals surface area (Å²) in [6, 6.07) is 19.8. The first kappa shape index (κ1) is 20.9. The number of aromatic nitrogens is 2. The number of hydrogen-bond acceptors (Lipinski definition) is 6. The van der Waals surface area contributed by atoms with E-state index >= 15 is 0 Å². The first-order valence-electron chi connectivity index (χ1n) is 9.94. The number of nitrogens with zero attached hydrogens (tertiary/aromatic N) is 3. The zero-order valence-corrected chi connectivity index (χ0v) is 18.0. The highest BCUT2D eigenvalue weighted by atomic mass is 16.5. The third-order valence-electron chi connectivity index (χ3n) is 4.75. The SMILES string of the molecule is COc1cccc(NC(=O)Nc2ccc(Oc3ncnc4cc(N(C)C)ccc34)cc2)c1. The summed E-state index contributed by atoms with van der Waals surface area (Å²) < 4.78 is 11.1. The van der Waals surface area contributed by atoms with Gasteiger partial charge in [0, 0.05) is 37.2 Å². The molecule has 4 aromatic rings. The summed E-state index contributed by atoms with van der Waals surface area (Å²) in [7, 11) is 5.53. The van der Waals surface area contributed by atoms with Crippen molar-refractivity contribution in [2.45, 2.75) is 0 Å². The molecular weight excluding hydrogens is 406 g/mol. The number of fused-ring (bicyclic) bond motifs is 1. The molecule has 0 radical (unpaired) electrons. The number of benzene rings is 3. The van der Waals surface area contributed by atoms with Crippen molar-refractivity contribution in [3.05, 3.63) is 73.1 Å². The quantitative estimate of drug-likeness (QED) is 0.441. The van der Waals surface area contributed by atoms with Gasteiger partial charge in [-0.25, -0.2) is 14.8 Å². The molecule has 4 rings (SSSR count). The molecule has 2 N–H and O–H groups in total. The number of carbonyl (C=O) groups is 1. The highest BCUT2D eigenvalue weighted by molar-refractivity contribution is 5.99. The number of anilines is 3. The second-order valence-corrected chi connectivity index (χ2v) is 7.21. The van der Waals surface area contributed by atoms with E-state index in [9.17, 15) is 4.79 Å². The predicted octanol–water partition coefficient (Wildman–Crippen LogP) is 5.14. The Kier molecular flexibility index (Phi) is 6.03. The van der Waals surface area contributed by atoms with E-state index in [1.807, 2.05) is 43.3 Å². The molecule has 8 nitrogen and oxygen atoms in total. The van der Waals surface area contributed by atoms with E-state index in [1.165, 1.54) is 6.33 Å². The average Bonchev–Trinajstić information content (AvgIpc) is 2.80. The van der Waals surface area contributed by atoms with Gasteiger partial charge in [0.2, 0.25) is 5.88 Å². The second kappa shape index (κ2) is 9.22. The summed E-state index contributed by atoms with van der Waals surface area (Å²) in [5, 5.41) is 6.38. The minimum Gasteiger partial charge on any atom is -0.497 e. The van der Waals surface area contributed by atoms with Gasteiger partial charge >= 0.3 is 6.03 Å². The summed E-state index contributed by atoms with van der Waals surface area (Å²) >= 11 is 0. The molecule has 1 heterocycles. The second-order valence-electron chi connectivity index (χ2n) is 7.21. The molecule has 0 saturated carbocycles. The van der Waals surface area contributed by atoms with Crippen LogP contribution in [0.3, 0.4) is 0 Å². The summed E-state index contributed by atoms with van der Waals surface area (Å²) in [5.74, 6) is 1.73. The van der Waals surface area contributed by atoms with Crippen LogP contribution in [0.15, 0.2) is 73.1 Å². The fourth-order valence-electron chi connectivity index (χ4n) is 3.09. The Morgan fingerprint density at radius 2 is 1.66 bits per heavy atom.